The highest BCUT2D eigenvalue weighted by Crippen LogP contribution is 2.42. The van der Waals surface area contributed by atoms with Crippen LogP contribution in [0.5, 0.6) is 0 Å². The average Bonchev–Trinajstić information content (AvgIpc) is 2.46. The van der Waals surface area contributed by atoms with Gasteiger partial charge in [0.1, 0.15) is 0 Å². The summed E-state index contributed by atoms with van der Waals surface area (Å²) in [5, 5.41) is 11.3. The first-order valence-electron chi connectivity index (χ1n) is 5.77. The van der Waals surface area contributed by atoms with Crippen molar-refractivity contribution < 1.29 is 4.92 Å². The van der Waals surface area contributed by atoms with Gasteiger partial charge in [0.2, 0.25) is 0 Å². The molecular weight excluding hydrogens is 409 g/mol. The lowest BCUT2D eigenvalue weighted by molar-refractivity contribution is -0.384. The minimum Gasteiger partial charge on any atom is -0.258 e. The van der Waals surface area contributed by atoms with E-state index in [4.69, 9.17) is 11.6 Å². The highest BCUT2D eigenvalue weighted by atomic mass is 79.9. The predicted octanol–water partition coefficient (Wildman–Crippen LogP) is 5.82. The second-order valence-corrected chi connectivity index (χ2v) is 6.61. The maximum Gasteiger partial charge on any atom is 0.269 e. The van der Waals surface area contributed by atoms with Gasteiger partial charge in [0.25, 0.3) is 5.69 Å². The van der Waals surface area contributed by atoms with Crippen molar-refractivity contribution in [1.82, 2.24) is 0 Å². The van der Waals surface area contributed by atoms with Crippen LogP contribution in [-0.2, 0) is 0 Å². The number of alkyl halides is 2. The molecular formula is C14H10Br2ClNO2. The van der Waals surface area contributed by atoms with Gasteiger partial charge in [-0.1, -0.05) is 67.7 Å². The molecule has 0 heterocycles. The van der Waals surface area contributed by atoms with Gasteiger partial charge in [0, 0.05) is 17.2 Å². The van der Waals surface area contributed by atoms with Crippen LogP contribution in [0.3, 0.4) is 0 Å². The molecule has 0 saturated heterocycles. The lowest BCUT2D eigenvalue weighted by atomic mass is 10.0. The first-order chi connectivity index (χ1) is 9.49. The fraction of sp³-hybridized carbons (Fsp3) is 0.143. The van der Waals surface area contributed by atoms with E-state index in [0.29, 0.717) is 5.02 Å². The van der Waals surface area contributed by atoms with Crippen molar-refractivity contribution in [2.75, 3.05) is 0 Å². The zero-order valence-electron chi connectivity index (χ0n) is 10.2. The minimum absolute atomic E-state index is 0.00415. The van der Waals surface area contributed by atoms with Crippen molar-refractivity contribution in [2.45, 2.75) is 9.65 Å². The lowest BCUT2D eigenvalue weighted by Crippen LogP contribution is -1.99. The molecule has 2 aromatic carbocycles. The Labute approximate surface area is 138 Å². The van der Waals surface area contributed by atoms with Crippen LogP contribution in [0.1, 0.15) is 20.8 Å². The Balaban J connectivity index is 2.19. The highest BCUT2D eigenvalue weighted by Gasteiger charge is 2.20. The zero-order chi connectivity index (χ0) is 14.7. The lowest BCUT2D eigenvalue weighted by Gasteiger charge is -2.17. The molecule has 0 unspecified atom stereocenters. The van der Waals surface area contributed by atoms with Crippen molar-refractivity contribution in [3.05, 3.63) is 74.8 Å². The van der Waals surface area contributed by atoms with Crippen molar-refractivity contribution in [2.24, 2.45) is 0 Å². The van der Waals surface area contributed by atoms with Crippen LogP contribution in [0.4, 0.5) is 5.69 Å². The molecule has 0 aliphatic rings. The Morgan fingerprint density at radius 3 is 1.70 bits per heavy atom. The maximum absolute atomic E-state index is 10.6. The van der Waals surface area contributed by atoms with Crippen LogP contribution < -0.4 is 0 Å². The normalized spacial score (nSPS) is 13.8. The molecule has 20 heavy (non-hydrogen) atoms. The van der Waals surface area contributed by atoms with Crippen molar-refractivity contribution in [3.63, 3.8) is 0 Å². The third-order valence-electron chi connectivity index (χ3n) is 2.87. The molecule has 104 valence electrons. The Morgan fingerprint density at radius 2 is 1.30 bits per heavy atom. The van der Waals surface area contributed by atoms with Crippen molar-refractivity contribution in [1.29, 1.82) is 0 Å². The summed E-state index contributed by atoms with van der Waals surface area (Å²) in [6.45, 7) is 0. The number of nitro groups is 1. The molecule has 0 fully saturated rings. The first-order valence-corrected chi connectivity index (χ1v) is 7.98. The number of hydrogen-bond acceptors (Lipinski definition) is 2. The minimum atomic E-state index is -0.405. The SMILES string of the molecule is O=[N+]([O-])c1ccc([C@@H](Br)[C@H](Br)c2ccc(Cl)cc2)cc1. The van der Waals surface area contributed by atoms with Gasteiger partial charge in [-0.15, -0.1) is 0 Å². The molecule has 2 rings (SSSR count). The molecule has 3 nitrogen and oxygen atoms in total. The summed E-state index contributed by atoms with van der Waals surface area (Å²) in [6, 6.07) is 14.1. The summed E-state index contributed by atoms with van der Waals surface area (Å²) in [6.07, 6.45) is 0. The standard InChI is InChI=1S/C14H10Br2ClNO2/c15-13(9-1-5-11(17)6-2-9)14(16)10-3-7-12(8-4-10)18(19)20/h1-8,13-14H/t13-,14-/m1/s1. The number of rotatable bonds is 4. The third kappa shape index (κ3) is 3.59. The van der Waals surface area contributed by atoms with E-state index >= 15 is 0 Å². The van der Waals surface area contributed by atoms with Crippen LogP contribution in [0.25, 0.3) is 0 Å². The fourth-order valence-corrected chi connectivity index (χ4v) is 3.11. The van der Waals surface area contributed by atoms with E-state index in [-0.39, 0.29) is 15.3 Å². The molecule has 0 bridgehead atoms. The fourth-order valence-electron chi connectivity index (χ4n) is 1.76. The molecule has 0 radical (unpaired) electrons. The van der Waals surface area contributed by atoms with Gasteiger partial charge in [-0.25, -0.2) is 0 Å². The van der Waals surface area contributed by atoms with E-state index in [1.165, 1.54) is 12.1 Å². The third-order valence-corrected chi connectivity index (χ3v) is 5.94. The molecule has 2 aromatic rings. The summed E-state index contributed by atoms with van der Waals surface area (Å²) < 4.78 is 0. The molecule has 0 saturated carbocycles. The van der Waals surface area contributed by atoms with Crippen LogP contribution in [0.15, 0.2) is 48.5 Å². The average molecular weight is 420 g/mol. The van der Waals surface area contributed by atoms with Gasteiger partial charge in [-0.2, -0.15) is 0 Å². The van der Waals surface area contributed by atoms with Crippen molar-refractivity contribution in [3.8, 4) is 0 Å². The second-order valence-electron chi connectivity index (χ2n) is 4.20. The van der Waals surface area contributed by atoms with Gasteiger partial charge >= 0.3 is 0 Å². The molecule has 0 aliphatic carbocycles. The Bertz CT molecular complexity index is 602. The largest absolute Gasteiger partial charge is 0.269 e. The quantitative estimate of drug-likeness (QED) is 0.356. The van der Waals surface area contributed by atoms with Crippen molar-refractivity contribution >= 4 is 49.1 Å². The van der Waals surface area contributed by atoms with Crippen LogP contribution in [0.2, 0.25) is 5.02 Å². The Kier molecular flexibility index (Phi) is 5.18. The zero-order valence-corrected chi connectivity index (χ0v) is 14.1. The number of nitro benzene ring substituents is 1. The summed E-state index contributed by atoms with van der Waals surface area (Å²) >= 11 is 13.1. The smallest absolute Gasteiger partial charge is 0.258 e. The summed E-state index contributed by atoms with van der Waals surface area (Å²) in [7, 11) is 0. The molecule has 0 spiro atoms. The molecule has 6 heteroatoms. The van der Waals surface area contributed by atoms with Gasteiger partial charge in [0.05, 0.1) is 14.6 Å². The summed E-state index contributed by atoms with van der Waals surface area (Å²) in [5.41, 5.74) is 2.13. The number of hydrogen-bond donors (Lipinski definition) is 0. The molecule has 0 aromatic heterocycles. The van der Waals surface area contributed by atoms with Gasteiger partial charge in [-0.3, -0.25) is 10.1 Å². The molecule has 0 amide bonds. The van der Waals surface area contributed by atoms with Gasteiger partial charge in [-0.05, 0) is 23.3 Å². The summed E-state index contributed by atoms with van der Waals surface area (Å²) in [5.74, 6) is 0. The predicted molar refractivity (Wildman–Crippen MR) is 87.9 cm³/mol. The Hall–Kier alpha value is -0.910. The van der Waals surface area contributed by atoms with Crippen LogP contribution in [-0.4, -0.2) is 4.92 Å². The number of benzene rings is 2. The number of halogens is 3. The van der Waals surface area contributed by atoms with Crippen LogP contribution in [0, 0.1) is 10.1 Å². The van der Waals surface area contributed by atoms with Crippen LogP contribution >= 0.6 is 43.5 Å². The van der Waals surface area contributed by atoms with E-state index in [2.05, 4.69) is 31.9 Å². The Morgan fingerprint density at radius 1 is 0.900 bits per heavy atom. The highest BCUT2D eigenvalue weighted by molar-refractivity contribution is 9.12. The molecule has 0 aliphatic heterocycles. The summed E-state index contributed by atoms with van der Waals surface area (Å²) in [4.78, 5) is 10.3. The monoisotopic (exact) mass is 417 g/mol. The first kappa shape index (κ1) is 15.5. The van der Waals surface area contributed by atoms with Gasteiger partial charge in [0.15, 0.2) is 0 Å². The topological polar surface area (TPSA) is 43.1 Å². The molecule has 2 atom stereocenters. The van der Waals surface area contributed by atoms with E-state index in [0.717, 1.165) is 11.1 Å². The van der Waals surface area contributed by atoms with E-state index in [9.17, 15) is 10.1 Å². The number of non-ortho nitro benzene ring substituents is 1. The van der Waals surface area contributed by atoms with E-state index < -0.39 is 4.92 Å². The van der Waals surface area contributed by atoms with Gasteiger partial charge < -0.3 is 0 Å². The second kappa shape index (κ2) is 6.70. The van der Waals surface area contributed by atoms with E-state index in [1.54, 1.807) is 12.1 Å². The number of nitrogens with zero attached hydrogens (tertiary/aromatic N) is 1. The maximum atomic E-state index is 10.6. The van der Waals surface area contributed by atoms with E-state index in [1.807, 2.05) is 24.3 Å². The molecule has 0 N–H and O–H groups in total.